The molecule has 0 amide bonds. The molecule has 0 saturated heterocycles. The van der Waals surface area contributed by atoms with Crippen molar-refractivity contribution in [1.82, 2.24) is 4.72 Å². The van der Waals surface area contributed by atoms with Crippen molar-refractivity contribution in [3.63, 3.8) is 0 Å². The van der Waals surface area contributed by atoms with E-state index in [1.165, 1.54) is 12.1 Å². The van der Waals surface area contributed by atoms with Crippen molar-refractivity contribution in [2.45, 2.75) is 37.1 Å². The molecule has 1 aromatic carbocycles. The Morgan fingerprint density at radius 3 is 2.65 bits per heavy atom. The summed E-state index contributed by atoms with van der Waals surface area (Å²) in [4.78, 5) is 9.98. The predicted molar refractivity (Wildman–Crippen MR) is 74.6 cm³/mol. The van der Waals surface area contributed by atoms with Crippen LogP contribution in [0.1, 0.15) is 26.2 Å². The third kappa shape index (κ3) is 3.07. The van der Waals surface area contributed by atoms with Crippen molar-refractivity contribution in [3.05, 3.63) is 28.3 Å². The van der Waals surface area contributed by atoms with Gasteiger partial charge in [-0.2, -0.15) is 0 Å². The van der Waals surface area contributed by atoms with E-state index >= 15 is 0 Å². The number of nitro groups is 1. The first-order chi connectivity index (χ1) is 9.29. The molecule has 2 atom stereocenters. The van der Waals surface area contributed by atoms with E-state index in [0.717, 1.165) is 25.3 Å². The minimum Gasteiger partial charge on any atom is -0.393 e. The molecule has 1 aliphatic carbocycles. The third-order valence-electron chi connectivity index (χ3n) is 3.53. The summed E-state index contributed by atoms with van der Waals surface area (Å²) < 4.78 is 27.0. The van der Waals surface area contributed by atoms with E-state index in [1.807, 2.05) is 0 Å². The van der Waals surface area contributed by atoms with Crippen molar-refractivity contribution in [2.75, 3.05) is 5.73 Å². The van der Waals surface area contributed by atoms with Crippen LogP contribution in [0.5, 0.6) is 0 Å². The van der Waals surface area contributed by atoms with Crippen LogP contribution in [-0.2, 0) is 10.0 Å². The molecule has 1 aliphatic rings. The first-order valence-corrected chi connectivity index (χ1v) is 7.84. The Bertz CT molecular complexity index is 630. The number of nitro benzene ring substituents is 1. The highest BCUT2D eigenvalue weighted by Gasteiger charge is 2.27. The van der Waals surface area contributed by atoms with Crippen molar-refractivity contribution < 1.29 is 13.3 Å². The lowest BCUT2D eigenvalue weighted by atomic mass is 10.1. The van der Waals surface area contributed by atoms with Gasteiger partial charge < -0.3 is 5.73 Å². The van der Waals surface area contributed by atoms with Crippen molar-refractivity contribution in [2.24, 2.45) is 5.92 Å². The predicted octanol–water partition coefficient (Wildman–Crippen LogP) is 1.64. The Morgan fingerprint density at radius 2 is 2.10 bits per heavy atom. The van der Waals surface area contributed by atoms with Crippen LogP contribution in [-0.4, -0.2) is 19.4 Å². The molecule has 7 nitrogen and oxygen atoms in total. The molecule has 8 heteroatoms. The second kappa shape index (κ2) is 5.37. The fourth-order valence-corrected chi connectivity index (χ4v) is 3.75. The van der Waals surface area contributed by atoms with E-state index in [-0.39, 0.29) is 16.6 Å². The fourth-order valence-electron chi connectivity index (χ4n) is 2.45. The summed E-state index contributed by atoms with van der Waals surface area (Å²) in [5, 5.41) is 10.8. The minimum atomic E-state index is -3.75. The molecule has 2 rings (SSSR count). The molecule has 0 aromatic heterocycles. The molecule has 0 radical (unpaired) electrons. The van der Waals surface area contributed by atoms with Crippen LogP contribution in [0.2, 0.25) is 0 Å². The van der Waals surface area contributed by atoms with Crippen molar-refractivity contribution >= 4 is 21.4 Å². The van der Waals surface area contributed by atoms with Gasteiger partial charge >= 0.3 is 0 Å². The van der Waals surface area contributed by atoms with E-state index in [0.29, 0.717) is 5.92 Å². The number of nitrogen functional groups attached to an aromatic ring is 1. The second-order valence-electron chi connectivity index (χ2n) is 5.21. The SMILES string of the molecule is CC1CCC(NS(=O)(=O)c2ccc(N)c([N+](=O)[O-])c2)C1. The molecule has 0 heterocycles. The number of nitrogens with two attached hydrogens (primary N) is 1. The summed E-state index contributed by atoms with van der Waals surface area (Å²) in [6.07, 6.45) is 2.56. The number of benzene rings is 1. The molecule has 3 N–H and O–H groups in total. The first-order valence-electron chi connectivity index (χ1n) is 6.36. The minimum absolute atomic E-state index is 0.0524. The van der Waals surface area contributed by atoms with Crippen LogP contribution in [0.4, 0.5) is 11.4 Å². The molecule has 1 fully saturated rings. The molecule has 110 valence electrons. The van der Waals surface area contributed by atoms with Crippen molar-refractivity contribution in [1.29, 1.82) is 0 Å². The molecule has 0 spiro atoms. The second-order valence-corrected chi connectivity index (χ2v) is 6.93. The summed E-state index contributed by atoms with van der Waals surface area (Å²) in [5.74, 6) is 0.489. The monoisotopic (exact) mass is 299 g/mol. The van der Waals surface area contributed by atoms with Crippen LogP contribution in [0.15, 0.2) is 23.1 Å². The highest BCUT2D eigenvalue weighted by atomic mass is 32.2. The molecule has 0 bridgehead atoms. The summed E-state index contributed by atoms with van der Waals surface area (Å²) in [7, 11) is -3.75. The molecule has 0 aliphatic heterocycles. The van der Waals surface area contributed by atoms with Gasteiger partial charge in [0.05, 0.1) is 9.82 Å². The number of hydrogen-bond donors (Lipinski definition) is 2. The third-order valence-corrected chi connectivity index (χ3v) is 5.04. The summed E-state index contributed by atoms with van der Waals surface area (Å²) in [5.41, 5.74) is 5.01. The van der Waals surface area contributed by atoms with Crippen molar-refractivity contribution in [3.8, 4) is 0 Å². The molecular weight excluding hydrogens is 282 g/mol. The topological polar surface area (TPSA) is 115 Å². The largest absolute Gasteiger partial charge is 0.393 e. The first kappa shape index (κ1) is 14.7. The summed E-state index contributed by atoms with van der Waals surface area (Å²) in [6, 6.07) is 3.41. The standard InChI is InChI=1S/C12H17N3O4S/c1-8-2-3-9(6-8)14-20(18,19)10-4-5-11(13)12(7-10)15(16)17/h4-5,7-9,14H,2-3,6,13H2,1H3. The molecule has 2 unspecified atom stereocenters. The normalized spacial score (nSPS) is 22.9. The Morgan fingerprint density at radius 1 is 1.40 bits per heavy atom. The maximum Gasteiger partial charge on any atom is 0.293 e. The van der Waals surface area contributed by atoms with E-state index in [9.17, 15) is 18.5 Å². The zero-order valence-corrected chi connectivity index (χ0v) is 11.9. The Kier molecular flexibility index (Phi) is 3.96. The van der Waals surface area contributed by atoms with Crippen LogP contribution in [0, 0.1) is 16.0 Å². The maximum absolute atomic E-state index is 12.2. The Balaban J connectivity index is 2.25. The van der Waals surface area contributed by atoms with Gasteiger partial charge in [0.25, 0.3) is 5.69 Å². The van der Waals surface area contributed by atoms with E-state index in [2.05, 4.69) is 11.6 Å². The van der Waals surface area contributed by atoms with Gasteiger partial charge in [-0.05, 0) is 37.3 Å². The maximum atomic E-state index is 12.2. The summed E-state index contributed by atoms with van der Waals surface area (Å²) in [6.45, 7) is 2.07. The number of nitrogens with zero attached hydrogens (tertiary/aromatic N) is 1. The van der Waals surface area contributed by atoms with Crippen LogP contribution in [0.3, 0.4) is 0 Å². The average molecular weight is 299 g/mol. The van der Waals surface area contributed by atoms with E-state index < -0.39 is 20.6 Å². The van der Waals surface area contributed by atoms with E-state index in [4.69, 9.17) is 5.73 Å². The number of rotatable bonds is 4. The number of sulfonamides is 1. The Hall–Kier alpha value is -1.67. The number of anilines is 1. The quantitative estimate of drug-likeness (QED) is 0.498. The van der Waals surface area contributed by atoms with Gasteiger partial charge in [0.1, 0.15) is 5.69 Å². The van der Waals surface area contributed by atoms with Gasteiger partial charge in [-0.25, -0.2) is 13.1 Å². The van der Waals surface area contributed by atoms with Gasteiger partial charge in [-0.3, -0.25) is 10.1 Å². The lowest BCUT2D eigenvalue weighted by molar-refractivity contribution is -0.384. The van der Waals surface area contributed by atoms with Crippen LogP contribution >= 0.6 is 0 Å². The molecular formula is C12H17N3O4S. The molecule has 1 saturated carbocycles. The summed E-state index contributed by atoms with van der Waals surface area (Å²) >= 11 is 0. The molecule has 20 heavy (non-hydrogen) atoms. The number of nitrogens with one attached hydrogen (secondary N) is 1. The zero-order chi connectivity index (χ0) is 14.9. The lowest BCUT2D eigenvalue weighted by Gasteiger charge is -2.13. The van der Waals surface area contributed by atoms with Crippen LogP contribution < -0.4 is 10.5 Å². The van der Waals surface area contributed by atoms with Gasteiger partial charge in [0, 0.05) is 12.1 Å². The fraction of sp³-hybridized carbons (Fsp3) is 0.500. The van der Waals surface area contributed by atoms with Gasteiger partial charge in [0.15, 0.2) is 0 Å². The van der Waals surface area contributed by atoms with Gasteiger partial charge in [-0.1, -0.05) is 6.92 Å². The van der Waals surface area contributed by atoms with Crippen LogP contribution in [0.25, 0.3) is 0 Å². The molecule has 1 aromatic rings. The Labute approximate surface area is 117 Å². The highest BCUT2D eigenvalue weighted by Crippen LogP contribution is 2.28. The number of hydrogen-bond acceptors (Lipinski definition) is 5. The van der Waals surface area contributed by atoms with Gasteiger partial charge in [0.2, 0.25) is 10.0 Å². The zero-order valence-electron chi connectivity index (χ0n) is 11.1. The van der Waals surface area contributed by atoms with Gasteiger partial charge in [-0.15, -0.1) is 0 Å². The smallest absolute Gasteiger partial charge is 0.293 e. The van der Waals surface area contributed by atoms with E-state index in [1.54, 1.807) is 0 Å². The highest BCUT2D eigenvalue weighted by molar-refractivity contribution is 7.89. The average Bonchev–Trinajstić information content (AvgIpc) is 2.73. The lowest BCUT2D eigenvalue weighted by Crippen LogP contribution is -2.33.